The van der Waals surface area contributed by atoms with E-state index in [0.29, 0.717) is 5.37 Å². The fourth-order valence-corrected chi connectivity index (χ4v) is 3.57. The number of para-hydroxylation sites is 1. The van der Waals surface area contributed by atoms with E-state index in [-0.39, 0.29) is 0 Å². The Morgan fingerprint density at radius 3 is 3.20 bits per heavy atom. The molecule has 0 aromatic heterocycles. The van der Waals surface area contributed by atoms with E-state index in [0.717, 1.165) is 12.5 Å². The van der Waals surface area contributed by atoms with Gasteiger partial charge in [-0.15, -0.1) is 11.8 Å². The van der Waals surface area contributed by atoms with Gasteiger partial charge >= 0.3 is 0 Å². The van der Waals surface area contributed by atoms with Gasteiger partial charge in [-0.25, -0.2) is 0 Å². The number of rotatable bonds is 0. The highest BCUT2D eigenvalue weighted by Crippen LogP contribution is 2.42. The lowest BCUT2D eigenvalue weighted by atomic mass is 10.1. The molecule has 0 saturated carbocycles. The molecule has 2 heterocycles. The molecule has 80 valence electrons. The summed E-state index contributed by atoms with van der Waals surface area (Å²) >= 11 is 2.06. The average Bonchev–Trinajstić information content (AvgIpc) is 2.54. The first kappa shape index (κ1) is 9.55. The van der Waals surface area contributed by atoms with Crippen molar-refractivity contribution in [1.29, 1.82) is 0 Å². The van der Waals surface area contributed by atoms with Crippen LogP contribution in [0.15, 0.2) is 24.3 Å². The minimum Gasteiger partial charge on any atom is -0.478 e. The number of hydrogen-bond donors (Lipinski definition) is 0. The Morgan fingerprint density at radius 2 is 2.20 bits per heavy atom. The second-order valence-electron chi connectivity index (χ2n) is 4.05. The van der Waals surface area contributed by atoms with Gasteiger partial charge in [-0.05, 0) is 24.7 Å². The highest BCUT2D eigenvalue weighted by atomic mass is 32.2. The van der Waals surface area contributed by atoms with Crippen molar-refractivity contribution in [2.24, 2.45) is 0 Å². The lowest BCUT2D eigenvalue weighted by molar-refractivity contribution is 0.0922. The van der Waals surface area contributed by atoms with Crippen LogP contribution in [0.1, 0.15) is 23.8 Å². The first-order valence-electron chi connectivity index (χ1n) is 5.52. The molecule has 15 heavy (non-hydrogen) atoms. The number of thioether (sulfide) groups is 1. The first-order chi connectivity index (χ1) is 7.45. The van der Waals surface area contributed by atoms with Crippen LogP contribution < -0.4 is 4.74 Å². The smallest absolute Gasteiger partial charge is 0.143 e. The van der Waals surface area contributed by atoms with Gasteiger partial charge in [0.2, 0.25) is 0 Å². The molecule has 0 spiro atoms. The van der Waals surface area contributed by atoms with E-state index < -0.39 is 0 Å². The fourth-order valence-electron chi connectivity index (χ4n) is 2.22. The third-order valence-corrected chi connectivity index (χ3v) is 4.41. The van der Waals surface area contributed by atoms with E-state index in [2.05, 4.69) is 40.9 Å². The number of fused-ring (bicyclic) bond motifs is 3. The Kier molecular flexibility index (Phi) is 2.59. The van der Waals surface area contributed by atoms with Gasteiger partial charge in [0.1, 0.15) is 12.5 Å². The van der Waals surface area contributed by atoms with Crippen LogP contribution >= 0.6 is 11.8 Å². The van der Waals surface area contributed by atoms with Crippen molar-refractivity contribution in [2.75, 3.05) is 19.0 Å². The van der Waals surface area contributed by atoms with Crippen molar-refractivity contribution >= 4 is 11.8 Å². The standard InChI is InChI=1S/C12H15NOS/c1-2-6-11-10(5-1)12-13(9-14-11)7-3-4-8-15-12/h1-2,5-6,12H,3-4,7-9H2. The monoisotopic (exact) mass is 221 g/mol. The summed E-state index contributed by atoms with van der Waals surface area (Å²) in [6.45, 7) is 1.93. The zero-order valence-electron chi connectivity index (χ0n) is 8.69. The third kappa shape index (κ3) is 1.74. The SMILES string of the molecule is c1ccc2c(c1)OCN1CCCCSC21. The van der Waals surface area contributed by atoms with E-state index in [9.17, 15) is 0 Å². The molecule has 2 nitrogen and oxygen atoms in total. The van der Waals surface area contributed by atoms with Crippen LogP contribution in [0.4, 0.5) is 0 Å². The van der Waals surface area contributed by atoms with Crippen LogP contribution in [0.3, 0.4) is 0 Å². The van der Waals surface area contributed by atoms with E-state index >= 15 is 0 Å². The topological polar surface area (TPSA) is 12.5 Å². The molecule has 1 atom stereocenters. The van der Waals surface area contributed by atoms with E-state index in [4.69, 9.17) is 4.74 Å². The quantitative estimate of drug-likeness (QED) is 0.668. The lowest BCUT2D eigenvalue weighted by Gasteiger charge is -2.35. The second-order valence-corrected chi connectivity index (χ2v) is 5.24. The van der Waals surface area contributed by atoms with Gasteiger partial charge in [0.15, 0.2) is 0 Å². The Bertz CT molecular complexity index is 355. The van der Waals surface area contributed by atoms with Crippen molar-refractivity contribution in [1.82, 2.24) is 4.90 Å². The fraction of sp³-hybridized carbons (Fsp3) is 0.500. The largest absolute Gasteiger partial charge is 0.478 e. The number of hydrogen-bond acceptors (Lipinski definition) is 3. The molecular formula is C12H15NOS. The molecule has 1 unspecified atom stereocenters. The predicted octanol–water partition coefficient (Wildman–Crippen LogP) is 2.86. The third-order valence-electron chi connectivity index (χ3n) is 3.02. The van der Waals surface area contributed by atoms with Crippen LogP contribution in [0.25, 0.3) is 0 Å². The molecule has 1 aromatic rings. The Morgan fingerprint density at radius 1 is 1.27 bits per heavy atom. The van der Waals surface area contributed by atoms with E-state index in [1.165, 1.54) is 30.7 Å². The highest BCUT2D eigenvalue weighted by Gasteiger charge is 2.29. The van der Waals surface area contributed by atoms with Gasteiger partial charge < -0.3 is 4.74 Å². The summed E-state index contributed by atoms with van der Waals surface area (Å²) in [6, 6.07) is 8.44. The Hall–Kier alpha value is -0.670. The second kappa shape index (κ2) is 4.06. The predicted molar refractivity (Wildman–Crippen MR) is 63.1 cm³/mol. The molecule has 3 heteroatoms. The van der Waals surface area contributed by atoms with Gasteiger partial charge in [0, 0.05) is 12.1 Å². The molecule has 2 aliphatic heterocycles. The van der Waals surface area contributed by atoms with Crippen molar-refractivity contribution < 1.29 is 4.74 Å². The zero-order chi connectivity index (χ0) is 10.1. The molecule has 2 aliphatic rings. The number of benzene rings is 1. The molecule has 3 rings (SSSR count). The Balaban J connectivity index is 1.96. The van der Waals surface area contributed by atoms with Crippen LogP contribution in [0.5, 0.6) is 5.75 Å². The van der Waals surface area contributed by atoms with Crippen molar-refractivity contribution in [3.63, 3.8) is 0 Å². The van der Waals surface area contributed by atoms with Gasteiger partial charge in [-0.2, -0.15) is 0 Å². The average molecular weight is 221 g/mol. The van der Waals surface area contributed by atoms with Gasteiger partial charge in [0.05, 0.1) is 5.37 Å². The minimum absolute atomic E-state index is 0.525. The summed E-state index contributed by atoms with van der Waals surface area (Å²) in [5.41, 5.74) is 1.36. The van der Waals surface area contributed by atoms with Gasteiger partial charge in [0.25, 0.3) is 0 Å². The molecule has 0 aliphatic carbocycles. The molecule has 1 fully saturated rings. The Labute approximate surface area is 94.6 Å². The zero-order valence-corrected chi connectivity index (χ0v) is 9.50. The first-order valence-corrected chi connectivity index (χ1v) is 6.57. The number of ether oxygens (including phenoxy) is 1. The van der Waals surface area contributed by atoms with Crippen LogP contribution in [0.2, 0.25) is 0 Å². The van der Waals surface area contributed by atoms with Crippen molar-refractivity contribution in [2.45, 2.75) is 18.2 Å². The van der Waals surface area contributed by atoms with Crippen molar-refractivity contribution in [3.05, 3.63) is 29.8 Å². The summed E-state index contributed by atoms with van der Waals surface area (Å²) in [7, 11) is 0. The molecular weight excluding hydrogens is 206 g/mol. The van der Waals surface area contributed by atoms with Crippen LogP contribution in [-0.2, 0) is 0 Å². The maximum atomic E-state index is 5.76. The summed E-state index contributed by atoms with van der Waals surface area (Å²) < 4.78 is 5.76. The van der Waals surface area contributed by atoms with Gasteiger partial charge in [-0.3, -0.25) is 4.90 Å². The molecule has 1 aromatic carbocycles. The summed E-state index contributed by atoms with van der Waals surface area (Å²) in [5.74, 6) is 2.35. The molecule has 0 radical (unpaired) electrons. The maximum absolute atomic E-state index is 5.76. The van der Waals surface area contributed by atoms with E-state index in [1.807, 2.05) is 0 Å². The summed E-state index contributed by atoms with van der Waals surface area (Å²) in [6.07, 6.45) is 2.63. The minimum atomic E-state index is 0.525. The molecule has 0 N–H and O–H groups in total. The molecule has 0 bridgehead atoms. The molecule has 0 amide bonds. The normalized spacial score (nSPS) is 26.0. The summed E-state index contributed by atoms with van der Waals surface area (Å²) in [5, 5.41) is 0.525. The van der Waals surface area contributed by atoms with Crippen LogP contribution in [0, 0.1) is 0 Å². The lowest BCUT2D eigenvalue weighted by Crippen LogP contribution is -2.34. The number of nitrogens with zero attached hydrogens (tertiary/aromatic N) is 1. The highest BCUT2D eigenvalue weighted by molar-refractivity contribution is 7.99. The van der Waals surface area contributed by atoms with E-state index in [1.54, 1.807) is 0 Å². The molecule has 1 saturated heterocycles. The van der Waals surface area contributed by atoms with Crippen LogP contribution in [-0.4, -0.2) is 23.9 Å². The maximum Gasteiger partial charge on any atom is 0.143 e. The van der Waals surface area contributed by atoms with Gasteiger partial charge in [-0.1, -0.05) is 18.2 Å². The van der Waals surface area contributed by atoms with Crippen molar-refractivity contribution in [3.8, 4) is 5.75 Å². The summed E-state index contributed by atoms with van der Waals surface area (Å²) in [4.78, 5) is 2.44.